The van der Waals surface area contributed by atoms with Crippen LogP contribution in [0.15, 0.2) is 60.9 Å². The summed E-state index contributed by atoms with van der Waals surface area (Å²) in [5.74, 6) is -0.293. The molecule has 0 saturated carbocycles. The smallest absolute Gasteiger partial charge is 0.251 e. The second-order valence-corrected chi connectivity index (χ2v) is 6.65. The van der Waals surface area contributed by atoms with E-state index in [1.807, 2.05) is 19.1 Å². The van der Waals surface area contributed by atoms with E-state index in [2.05, 4.69) is 10.4 Å². The molecule has 1 aromatic heterocycles. The maximum absolute atomic E-state index is 13.0. The van der Waals surface area contributed by atoms with Gasteiger partial charge in [-0.3, -0.25) is 9.48 Å². The molecular formula is C20H19ClFN3O. The third-order valence-electron chi connectivity index (χ3n) is 4.17. The number of amides is 1. The molecule has 4 nitrogen and oxygen atoms in total. The van der Waals surface area contributed by atoms with E-state index in [9.17, 15) is 9.18 Å². The quantitative estimate of drug-likeness (QED) is 0.703. The summed E-state index contributed by atoms with van der Waals surface area (Å²) < 4.78 is 14.7. The van der Waals surface area contributed by atoms with E-state index in [1.165, 1.54) is 12.1 Å². The van der Waals surface area contributed by atoms with Crippen LogP contribution >= 0.6 is 11.6 Å². The molecule has 0 spiro atoms. The number of aromatic nitrogens is 2. The first-order valence-corrected chi connectivity index (χ1v) is 8.69. The van der Waals surface area contributed by atoms with Gasteiger partial charge in [-0.1, -0.05) is 42.8 Å². The van der Waals surface area contributed by atoms with Crippen LogP contribution in [0, 0.1) is 5.82 Å². The summed E-state index contributed by atoms with van der Waals surface area (Å²) in [4.78, 5) is 12.3. The van der Waals surface area contributed by atoms with E-state index < -0.39 is 0 Å². The molecule has 3 aromatic rings. The maximum atomic E-state index is 13.0. The molecule has 0 bridgehead atoms. The number of benzene rings is 2. The van der Waals surface area contributed by atoms with Gasteiger partial charge in [-0.05, 0) is 41.3 Å². The van der Waals surface area contributed by atoms with Gasteiger partial charge < -0.3 is 5.32 Å². The zero-order valence-corrected chi connectivity index (χ0v) is 15.1. The lowest BCUT2D eigenvalue weighted by atomic mass is 10.0. The summed E-state index contributed by atoms with van der Waals surface area (Å²) >= 11 is 5.85. The Morgan fingerprint density at radius 3 is 2.50 bits per heavy atom. The highest BCUT2D eigenvalue weighted by Gasteiger charge is 2.10. The minimum Gasteiger partial charge on any atom is -0.351 e. The number of carbonyl (C=O) groups excluding carboxylic acids is 1. The summed E-state index contributed by atoms with van der Waals surface area (Å²) in [5.41, 5.74) is 2.61. The van der Waals surface area contributed by atoms with Crippen molar-refractivity contribution < 1.29 is 9.18 Å². The van der Waals surface area contributed by atoms with Crippen molar-refractivity contribution in [2.45, 2.75) is 19.4 Å². The van der Waals surface area contributed by atoms with Crippen LogP contribution in [0.1, 0.15) is 34.3 Å². The van der Waals surface area contributed by atoms with Crippen molar-refractivity contribution >= 4 is 17.5 Å². The SMILES string of the molecule is CC(CNC(=O)c1ccc(Cn2cc(Cl)cn2)cc1)c1ccc(F)cc1. The van der Waals surface area contributed by atoms with Crippen molar-refractivity contribution in [2.75, 3.05) is 6.54 Å². The lowest BCUT2D eigenvalue weighted by Crippen LogP contribution is -2.27. The molecule has 0 fully saturated rings. The van der Waals surface area contributed by atoms with Crippen molar-refractivity contribution in [3.8, 4) is 0 Å². The van der Waals surface area contributed by atoms with Crippen molar-refractivity contribution in [2.24, 2.45) is 0 Å². The highest BCUT2D eigenvalue weighted by molar-refractivity contribution is 6.30. The Kier molecular flexibility index (Phi) is 5.68. The number of rotatable bonds is 6. The van der Waals surface area contributed by atoms with Crippen LogP contribution in [-0.2, 0) is 6.54 Å². The Hall–Kier alpha value is -2.66. The standard InChI is InChI=1S/C20H19ClFN3O/c1-14(16-6-8-19(22)9-7-16)10-23-20(26)17-4-2-15(3-5-17)12-25-13-18(21)11-24-25/h2-9,11,13-14H,10,12H2,1H3,(H,23,26). The Balaban J connectivity index is 1.55. The first-order chi connectivity index (χ1) is 12.5. The molecule has 6 heteroatoms. The van der Waals surface area contributed by atoms with Gasteiger partial charge in [0.1, 0.15) is 5.82 Å². The molecule has 1 atom stereocenters. The number of carbonyl (C=O) groups is 1. The zero-order chi connectivity index (χ0) is 18.5. The number of nitrogens with zero attached hydrogens (tertiary/aromatic N) is 2. The third kappa shape index (κ3) is 4.70. The van der Waals surface area contributed by atoms with Crippen LogP contribution in [0.5, 0.6) is 0 Å². The monoisotopic (exact) mass is 371 g/mol. The van der Waals surface area contributed by atoms with E-state index in [-0.39, 0.29) is 17.6 Å². The van der Waals surface area contributed by atoms with Gasteiger partial charge in [0.05, 0.1) is 17.8 Å². The molecular weight excluding hydrogens is 353 g/mol. The van der Waals surface area contributed by atoms with Gasteiger partial charge in [0.2, 0.25) is 0 Å². The fourth-order valence-electron chi connectivity index (χ4n) is 2.63. The van der Waals surface area contributed by atoms with Crippen molar-refractivity contribution in [1.82, 2.24) is 15.1 Å². The van der Waals surface area contributed by atoms with Crippen molar-refractivity contribution in [3.63, 3.8) is 0 Å². The number of hydrogen-bond donors (Lipinski definition) is 1. The first-order valence-electron chi connectivity index (χ1n) is 8.32. The molecule has 0 radical (unpaired) electrons. The number of halogens is 2. The third-order valence-corrected chi connectivity index (χ3v) is 4.37. The van der Waals surface area contributed by atoms with Crippen molar-refractivity contribution in [1.29, 1.82) is 0 Å². The summed E-state index contributed by atoms with van der Waals surface area (Å²) in [6, 6.07) is 13.7. The zero-order valence-electron chi connectivity index (χ0n) is 14.3. The minimum absolute atomic E-state index is 0.100. The van der Waals surface area contributed by atoms with Gasteiger partial charge in [-0.25, -0.2) is 4.39 Å². The Bertz CT molecular complexity index is 875. The van der Waals surface area contributed by atoms with Crippen LogP contribution in [-0.4, -0.2) is 22.2 Å². The molecule has 26 heavy (non-hydrogen) atoms. The molecule has 0 saturated heterocycles. The molecule has 0 aliphatic heterocycles. The Labute approximate surface area is 156 Å². The largest absolute Gasteiger partial charge is 0.351 e. The Morgan fingerprint density at radius 1 is 1.19 bits per heavy atom. The van der Waals surface area contributed by atoms with E-state index in [1.54, 1.807) is 41.3 Å². The van der Waals surface area contributed by atoms with Crippen LogP contribution in [0.2, 0.25) is 5.02 Å². The topological polar surface area (TPSA) is 46.9 Å². The molecule has 0 aliphatic rings. The fourth-order valence-corrected chi connectivity index (χ4v) is 2.79. The number of nitrogens with one attached hydrogen (secondary N) is 1. The molecule has 1 N–H and O–H groups in total. The lowest BCUT2D eigenvalue weighted by molar-refractivity contribution is 0.0951. The second kappa shape index (κ2) is 8.15. The molecule has 3 rings (SSSR count). The summed E-state index contributed by atoms with van der Waals surface area (Å²) in [5, 5.41) is 7.64. The summed E-state index contributed by atoms with van der Waals surface area (Å²) in [6.07, 6.45) is 3.34. The fraction of sp³-hybridized carbons (Fsp3) is 0.200. The van der Waals surface area contributed by atoms with Crippen molar-refractivity contribution in [3.05, 3.63) is 88.5 Å². The molecule has 134 valence electrons. The highest BCUT2D eigenvalue weighted by Crippen LogP contribution is 2.15. The van der Waals surface area contributed by atoms with Gasteiger partial charge in [-0.2, -0.15) is 5.10 Å². The van der Waals surface area contributed by atoms with E-state index in [0.717, 1.165) is 11.1 Å². The maximum Gasteiger partial charge on any atom is 0.251 e. The highest BCUT2D eigenvalue weighted by atomic mass is 35.5. The van der Waals surface area contributed by atoms with Gasteiger partial charge >= 0.3 is 0 Å². The minimum atomic E-state index is -0.262. The first kappa shape index (κ1) is 18.1. The van der Waals surface area contributed by atoms with Gasteiger partial charge in [0, 0.05) is 18.3 Å². The number of hydrogen-bond acceptors (Lipinski definition) is 2. The average Bonchev–Trinajstić information content (AvgIpc) is 3.05. The normalized spacial score (nSPS) is 12.0. The molecule has 0 aliphatic carbocycles. The molecule has 1 heterocycles. The molecule has 1 unspecified atom stereocenters. The predicted molar refractivity (Wildman–Crippen MR) is 99.9 cm³/mol. The molecule has 2 aromatic carbocycles. The summed E-state index contributed by atoms with van der Waals surface area (Å²) in [7, 11) is 0. The van der Waals surface area contributed by atoms with Gasteiger partial charge in [-0.15, -0.1) is 0 Å². The van der Waals surface area contributed by atoms with Crippen LogP contribution in [0.3, 0.4) is 0 Å². The van der Waals surface area contributed by atoms with Gasteiger partial charge in [0.15, 0.2) is 0 Å². The van der Waals surface area contributed by atoms with Crippen LogP contribution < -0.4 is 5.32 Å². The van der Waals surface area contributed by atoms with E-state index >= 15 is 0 Å². The van der Waals surface area contributed by atoms with Crippen LogP contribution in [0.25, 0.3) is 0 Å². The van der Waals surface area contributed by atoms with E-state index in [0.29, 0.717) is 23.7 Å². The average molecular weight is 372 g/mol. The second-order valence-electron chi connectivity index (χ2n) is 6.22. The van der Waals surface area contributed by atoms with Gasteiger partial charge in [0.25, 0.3) is 5.91 Å². The summed E-state index contributed by atoms with van der Waals surface area (Å²) in [6.45, 7) is 3.07. The van der Waals surface area contributed by atoms with E-state index in [4.69, 9.17) is 11.6 Å². The predicted octanol–water partition coefficient (Wildman–Crippen LogP) is 4.26. The Morgan fingerprint density at radius 2 is 1.88 bits per heavy atom. The van der Waals surface area contributed by atoms with Crippen LogP contribution in [0.4, 0.5) is 4.39 Å². The lowest BCUT2D eigenvalue weighted by Gasteiger charge is -2.13. The molecule has 1 amide bonds.